The van der Waals surface area contributed by atoms with Crippen LogP contribution in [0.15, 0.2) is 40.9 Å². The van der Waals surface area contributed by atoms with E-state index in [0.29, 0.717) is 42.6 Å². The number of carbonyl (C=O) groups excluding carboxylic acids is 2. The zero-order valence-corrected chi connectivity index (χ0v) is 19.6. The third-order valence-corrected chi connectivity index (χ3v) is 5.54. The van der Waals surface area contributed by atoms with Crippen LogP contribution in [0.25, 0.3) is 22.2 Å². The summed E-state index contributed by atoms with van der Waals surface area (Å²) in [5.41, 5.74) is 7.51. The highest BCUT2D eigenvalue weighted by molar-refractivity contribution is 5.89. The van der Waals surface area contributed by atoms with Gasteiger partial charge in [-0.05, 0) is 25.0 Å². The Hall–Kier alpha value is -4.28. The number of imidazole rings is 1. The zero-order chi connectivity index (χ0) is 24.8. The molecule has 3 aromatic heterocycles. The van der Waals surface area contributed by atoms with Crippen LogP contribution in [0.5, 0.6) is 5.88 Å². The molecule has 0 bridgehead atoms. The van der Waals surface area contributed by atoms with Crippen molar-refractivity contribution in [2.24, 2.45) is 5.73 Å². The topological polar surface area (TPSA) is 162 Å². The lowest BCUT2D eigenvalue weighted by atomic mass is 10.1. The number of methoxy groups -OCH3 is 1. The highest BCUT2D eigenvalue weighted by Gasteiger charge is 2.23. The number of ether oxygens (including phenoxy) is 1. The Morgan fingerprint density at radius 2 is 2.03 bits per heavy atom. The average Bonchev–Trinajstić information content (AvgIpc) is 3.51. The van der Waals surface area contributed by atoms with E-state index < -0.39 is 11.9 Å². The van der Waals surface area contributed by atoms with Gasteiger partial charge in [-0.15, -0.1) is 10.2 Å². The fourth-order valence-electron chi connectivity index (χ4n) is 3.81. The molecule has 0 fully saturated rings. The summed E-state index contributed by atoms with van der Waals surface area (Å²) in [4.78, 5) is 36.1. The second-order valence-corrected chi connectivity index (χ2v) is 8.14. The van der Waals surface area contributed by atoms with E-state index in [1.807, 2.05) is 30.3 Å². The van der Waals surface area contributed by atoms with Crippen molar-refractivity contribution in [2.75, 3.05) is 7.11 Å². The van der Waals surface area contributed by atoms with Gasteiger partial charge in [-0.3, -0.25) is 9.59 Å². The number of nitrogens with one attached hydrogen (secondary N) is 2. The maximum atomic E-state index is 12.7. The average molecular weight is 478 g/mol. The minimum atomic E-state index is -0.490. The first kappa shape index (κ1) is 23.9. The van der Waals surface area contributed by atoms with Crippen LogP contribution in [0.4, 0.5) is 0 Å². The molecular weight excluding hydrogens is 450 g/mol. The summed E-state index contributed by atoms with van der Waals surface area (Å²) in [7, 11) is 1.57. The number of rotatable bonds is 11. The van der Waals surface area contributed by atoms with Crippen LogP contribution in [-0.2, 0) is 4.79 Å². The van der Waals surface area contributed by atoms with Gasteiger partial charge in [0.05, 0.1) is 36.1 Å². The predicted molar refractivity (Wildman–Crippen MR) is 127 cm³/mol. The number of fused-ring (bicyclic) bond motifs is 1. The number of pyridine rings is 1. The molecule has 0 unspecified atom stereocenters. The lowest BCUT2D eigenvalue weighted by molar-refractivity contribution is -0.118. The molecule has 0 aliphatic rings. The number of H-pyrrole nitrogens is 1. The van der Waals surface area contributed by atoms with Gasteiger partial charge in [-0.2, -0.15) is 0 Å². The molecule has 4 N–H and O–H groups in total. The fraction of sp³-hybridized carbons (Fsp3) is 0.333. The van der Waals surface area contributed by atoms with Crippen LogP contribution in [0.2, 0.25) is 0 Å². The van der Waals surface area contributed by atoms with E-state index in [2.05, 4.69) is 30.5 Å². The Balaban J connectivity index is 1.57. The highest BCUT2D eigenvalue weighted by Crippen LogP contribution is 2.31. The van der Waals surface area contributed by atoms with Gasteiger partial charge in [0.1, 0.15) is 5.82 Å². The van der Waals surface area contributed by atoms with Crippen LogP contribution >= 0.6 is 0 Å². The number of primary amides is 1. The van der Waals surface area contributed by atoms with E-state index in [1.54, 1.807) is 20.2 Å². The molecule has 11 nitrogen and oxygen atoms in total. The maximum absolute atomic E-state index is 12.7. The molecule has 0 aliphatic heterocycles. The second-order valence-electron chi connectivity index (χ2n) is 8.14. The van der Waals surface area contributed by atoms with Crippen molar-refractivity contribution in [3.05, 3.63) is 54.1 Å². The molecule has 0 aliphatic carbocycles. The number of aromatic nitrogens is 5. The Morgan fingerprint density at radius 3 is 2.77 bits per heavy atom. The molecule has 4 rings (SSSR count). The zero-order valence-electron chi connectivity index (χ0n) is 19.6. The van der Waals surface area contributed by atoms with Crippen LogP contribution in [-0.4, -0.2) is 44.1 Å². The smallest absolute Gasteiger partial charge is 0.309 e. The van der Waals surface area contributed by atoms with Crippen LogP contribution in [0, 0.1) is 6.92 Å². The number of unbranched alkanes of at least 4 members (excludes halogenated alkanes) is 2. The minimum Gasteiger partial charge on any atom is -0.480 e. The van der Waals surface area contributed by atoms with Crippen molar-refractivity contribution in [3.63, 3.8) is 0 Å². The maximum Gasteiger partial charge on any atom is 0.309 e. The van der Waals surface area contributed by atoms with E-state index in [0.717, 1.165) is 29.3 Å². The molecule has 182 valence electrons. The highest BCUT2D eigenvalue weighted by atomic mass is 16.5. The van der Waals surface area contributed by atoms with E-state index in [-0.39, 0.29) is 11.8 Å². The molecule has 3 heterocycles. The van der Waals surface area contributed by atoms with Gasteiger partial charge in [0.15, 0.2) is 0 Å². The third kappa shape index (κ3) is 5.81. The van der Waals surface area contributed by atoms with Crippen molar-refractivity contribution >= 4 is 22.7 Å². The Labute approximate surface area is 201 Å². The van der Waals surface area contributed by atoms with Crippen LogP contribution < -0.4 is 15.8 Å². The molecule has 0 saturated carbocycles. The number of hydrogen-bond acceptors (Lipinski definition) is 8. The SMILES string of the molecule is COc1nc2ccccc2cc1-c1cnc([C@H](CCCCCC(N)=O)NC(=O)c2nnc(C)o2)[nH]1. The number of nitrogens with zero attached hydrogens (tertiary/aromatic N) is 4. The van der Waals surface area contributed by atoms with Crippen molar-refractivity contribution in [1.82, 2.24) is 30.5 Å². The monoisotopic (exact) mass is 477 g/mol. The standard InChI is InChI=1S/C24H27N7O4/c1-14-30-31-24(35-14)22(33)28-18(10-4-3-5-11-20(25)32)21-26-13-19(27-21)16-12-15-8-6-7-9-17(15)29-23(16)34-2/h6-9,12-13,18H,3-5,10-11H2,1-2H3,(H2,25,32)(H,26,27)(H,28,33)/t18-/m0/s1. The number of para-hydroxylation sites is 1. The summed E-state index contributed by atoms with van der Waals surface area (Å²) < 4.78 is 10.8. The Morgan fingerprint density at radius 1 is 1.20 bits per heavy atom. The van der Waals surface area contributed by atoms with Crippen molar-refractivity contribution in [1.29, 1.82) is 0 Å². The van der Waals surface area contributed by atoms with Crippen LogP contribution in [0.1, 0.15) is 60.5 Å². The number of aromatic amines is 1. The van der Waals surface area contributed by atoms with Crippen molar-refractivity contribution in [2.45, 2.75) is 45.1 Å². The van der Waals surface area contributed by atoms with E-state index in [1.165, 1.54) is 0 Å². The summed E-state index contributed by atoms with van der Waals surface area (Å²) in [6, 6.07) is 9.30. The van der Waals surface area contributed by atoms with Crippen molar-refractivity contribution in [3.8, 4) is 17.1 Å². The number of amides is 2. The second kappa shape index (κ2) is 10.8. The molecule has 35 heavy (non-hydrogen) atoms. The first-order valence-corrected chi connectivity index (χ1v) is 11.3. The fourth-order valence-corrected chi connectivity index (χ4v) is 3.81. The molecule has 1 atom stereocenters. The number of carbonyl (C=O) groups is 2. The summed E-state index contributed by atoms with van der Waals surface area (Å²) in [6.07, 6.45) is 4.81. The van der Waals surface area contributed by atoms with Gasteiger partial charge in [0.2, 0.25) is 17.7 Å². The van der Waals surface area contributed by atoms with Gasteiger partial charge < -0.3 is 25.2 Å². The summed E-state index contributed by atoms with van der Waals surface area (Å²) in [6.45, 7) is 1.61. The van der Waals surface area contributed by atoms with Crippen LogP contribution in [0.3, 0.4) is 0 Å². The predicted octanol–water partition coefficient (Wildman–Crippen LogP) is 3.23. The van der Waals surface area contributed by atoms with Crippen molar-refractivity contribution < 1.29 is 18.7 Å². The lowest BCUT2D eigenvalue weighted by Gasteiger charge is -2.16. The molecular formula is C24H27N7O4. The first-order chi connectivity index (χ1) is 16.9. The molecule has 0 radical (unpaired) electrons. The normalized spacial score (nSPS) is 11.9. The van der Waals surface area contributed by atoms with Gasteiger partial charge in [-0.1, -0.05) is 31.0 Å². The molecule has 2 amide bonds. The molecule has 11 heteroatoms. The van der Waals surface area contributed by atoms with Gasteiger partial charge >= 0.3 is 11.8 Å². The third-order valence-electron chi connectivity index (χ3n) is 5.54. The number of hydrogen-bond donors (Lipinski definition) is 3. The van der Waals surface area contributed by atoms with Gasteiger partial charge in [0, 0.05) is 18.7 Å². The molecule has 0 saturated heterocycles. The first-order valence-electron chi connectivity index (χ1n) is 11.3. The van der Waals surface area contributed by atoms with Gasteiger partial charge in [0.25, 0.3) is 0 Å². The Bertz CT molecular complexity index is 1330. The van der Waals surface area contributed by atoms with Gasteiger partial charge in [-0.25, -0.2) is 9.97 Å². The van der Waals surface area contributed by atoms with E-state index >= 15 is 0 Å². The summed E-state index contributed by atoms with van der Waals surface area (Å²) in [5, 5.41) is 11.4. The quantitative estimate of drug-likeness (QED) is 0.277. The largest absolute Gasteiger partial charge is 0.480 e. The van der Waals surface area contributed by atoms with E-state index in [4.69, 9.17) is 14.9 Å². The molecule has 1 aromatic carbocycles. The number of aryl methyl sites for hydroxylation is 1. The summed E-state index contributed by atoms with van der Waals surface area (Å²) >= 11 is 0. The lowest BCUT2D eigenvalue weighted by Crippen LogP contribution is -2.29. The minimum absolute atomic E-state index is 0.117. The number of benzene rings is 1. The molecule has 4 aromatic rings. The van der Waals surface area contributed by atoms with E-state index in [9.17, 15) is 9.59 Å². The Kier molecular flexibility index (Phi) is 7.34. The summed E-state index contributed by atoms with van der Waals surface area (Å²) in [5.74, 6) is 0.399. The number of nitrogens with two attached hydrogens (primary N) is 1. The molecule has 0 spiro atoms.